The van der Waals surface area contributed by atoms with Gasteiger partial charge in [-0.1, -0.05) is 93.7 Å². The minimum atomic E-state index is -2.16. The van der Waals surface area contributed by atoms with E-state index in [0.29, 0.717) is 51.4 Å². The molecule has 5 aliphatic carbocycles. The molecule has 0 aromatic rings. The van der Waals surface area contributed by atoms with Crippen molar-refractivity contribution >= 4 is 24.1 Å². The van der Waals surface area contributed by atoms with E-state index in [1.54, 1.807) is 13.8 Å². The lowest BCUT2D eigenvalue weighted by Crippen LogP contribution is -2.69. The second-order valence-electron chi connectivity index (χ2n) is 42.1. The second kappa shape index (κ2) is 43.7. The summed E-state index contributed by atoms with van der Waals surface area (Å²) in [5.74, 6) is -4.80. The molecular weight excluding hydrogens is 1790 g/mol. The van der Waals surface area contributed by atoms with Crippen molar-refractivity contribution in [1.29, 1.82) is 0 Å². The van der Waals surface area contributed by atoms with Crippen molar-refractivity contribution < 1.29 is 212 Å². The molecule has 135 heavy (non-hydrogen) atoms. The van der Waals surface area contributed by atoms with Crippen molar-refractivity contribution in [2.45, 2.75) is 431 Å². The molecule has 51 atom stereocenters. The number of aliphatic hydroxyl groups excluding tert-OH is 22. The lowest BCUT2D eigenvalue weighted by molar-refractivity contribution is -0.384. The van der Waals surface area contributed by atoms with Crippen LogP contribution in [0, 0.1) is 62.1 Å². The van der Waals surface area contributed by atoms with E-state index in [4.69, 9.17) is 80.5 Å². The van der Waals surface area contributed by atoms with Crippen molar-refractivity contribution in [3.8, 4) is 0 Å². The van der Waals surface area contributed by atoms with Gasteiger partial charge < -0.3 is 203 Å². The zero-order valence-electron chi connectivity index (χ0n) is 78.5. The maximum absolute atomic E-state index is 16.4. The number of esters is 2. The highest BCUT2D eigenvalue weighted by atomic mass is 16.8. The Hall–Kier alpha value is -3.66. The molecule has 8 aliphatic heterocycles. The van der Waals surface area contributed by atoms with Gasteiger partial charge in [0.25, 0.3) is 0 Å². The standard InChI is InChI=1S/C91H149NO43/c1-13-36(3)48(125-57(104)26-41(97)24-49(37(4)14-2)126-81-68(114)62(108)51(30-94)127-81)23-40(96)25-56(103)92-58-38(5)123-84(75(63(58)109)133-80-70(116)65(111)72(39(6)124-80)130-79-71(117)73(46(100)33-121-79)131-77-66(112)59(105)44(98)31-119-77)135-85(118)91-22-21-86(7,8)27-43(91)42-15-16-53-87(9)19-18-55(88(10,35-95)52(87)17-20-89(53,11)90(42,12)28-54(91)102)129-83-76(134-82-69(115)64(110)61(107)50(29-93)128-82)74(47(101)34-122-83)132-78-67(113)60(106)45(99)32-120-78/h15,35-41,43-55,58-84,93-94,96-102,105-117H,13-14,16-34H2,1-12H3,(H,92,103)/t36-,37-,38+,39?,40-,41-,43?,44+,45+,46+,47+,48-,49-,50?,51?,52+,53?,54+,55-,58-,59?,60-,61-,62?,63?,64-,65?,66?,67?,68?,69?,70?,71?,72-,73?,74-,75?,76?,77-,78-,79-,80-,81+,82-,83-,84-,87?,88?,89+,90?,91+/m0/s1. The van der Waals surface area contributed by atoms with Crippen LogP contribution in [0.3, 0.4) is 0 Å². The van der Waals surface area contributed by atoms with E-state index in [1.807, 2.05) is 20.8 Å². The Balaban J connectivity index is 0.738. The van der Waals surface area contributed by atoms with E-state index in [0.717, 1.165) is 11.9 Å². The van der Waals surface area contributed by atoms with E-state index < -0.39 is 372 Å². The van der Waals surface area contributed by atoms with E-state index in [2.05, 4.69) is 46.0 Å². The van der Waals surface area contributed by atoms with Crippen LogP contribution in [0.4, 0.5) is 0 Å². The van der Waals surface area contributed by atoms with Gasteiger partial charge in [-0.3, -0.25) is 14.4 Å². The highest BCUT2D eigenvalue weighted by Gasteiger charge is 2.73. The third-order valence-corrected chi connectivity index (χ3v) is 32.9. The smallest absolute Gasteiger partial charge is 0.317 e. The van der Waals surface area contributed by atoms with Crippen LogP contribution < -0.4 is 5.32 Å². The predicted octanol–water partition coefficient (Wildman–Crippen LogP) is -5.57. The highest BCUT2D eigenvalue weighted by molar-refractivity contribution is 5.80. The fourth-order valence-electron chi connectivity index (χ4n) is 24.0. The first-order valence-electron chi connectivity index (χ1n) is 47.9. The predicted molar refractivity (Wildman–Crippen MR) is 453 cm³/mol. The maximum Gasteiger partial charge on any atom is 0.317 e. The number of hydrogen-bond acceptors (Lipinski definition) is 43. The third-order valence-electron chi connectivity index (χ3n) is 32.9. The summed E-state index contributed by atoms with van der Waals surface area (Å²) in [6, 6.07) is -1.53. The van der Waals surface area contributed by atoms with Crippen LogP contribution in [0.25, 0.3) is 0 Å². The molecule has 12 fully saturated rings. The Kier molecular flexibility index (Phi) is 35.2. The monoisotopic (exact) mass is 1940 g/mol. The first kappa shape index (κ1) is 109. The number of aldehydes is 1. The number of fused-ring (bicyclic) bond motifs is 7. The number of allylic oxidation sites excluding steroid dienone is 2. The normalized spacial score (nSPS) is 49.1. The Morgan fingerprint density at radius 1 is 0.489 bits per heavy atom. The number of carbonyl (C=O) groups is 4. The summed E-state index contributed by atoms with van der Waals surface area (Å²) in [6.07, 6.45) is -60.3. The van der Waals surface area contributed by atoms with Gasteiger partial charge in [0.1, 0.15) is 158 Å². The fraction of sp³-hybridized carbons (Fsp3) is 0.934. The van der Waals surface area contributed by atoms with Gasteiger partial charge in [-0.15, -0.1) is 0 Å². The molecule has 0 bridgehead atoms. The Morgan fingerprint density at radius 2 is 0.993 bits per heavy atom. The van der Waals surface area contributed by atoms with Crippen molar-refractivity contribution in [2.75, 3.05) is 39.6 Å². The minimum absolute atomic E-state index is 0.00149. The summed E-state index contributed by atoms with van der Waals surface area (Å²) in [5, 5.41) is 248. The lowest BCUT2D eigenvalue weighted by atomic mass is 9.33. The number of hydrogen-bond donors (Lipinski definition) is 23. The third kappa shape index (κ3) is 21.5. The number of nitrogens with one attached hydrogen (secondary N) is 1. The van der Waals surface area contributed by atoms with Crippen molar-refractivity contribution in [3.63, 3.8) is 0 Å². The highest BCUT2D eigenvalue weighted by Crippen LogP contribution is 2.76. The van der Waals surface area contributed by atoms with Crippen LogP contribution in [0.5, 0.6) is 0 Å². The molecule has 776 valence electrons. The zero-order valence-corrected chi connectivity index (χ0v) is 78.5. The van der Waals surface area contributed by atoms with Crippen molar-refractivity contribution in [2.24, 2.45) is 62.1 Å². The number of rotatable bonds is 33. The van der Waals surface area contributed by atoms with Gasteiger partial charge in [-0.25, -0.2) is 0 Å². The zero-order chi connectivity index (χ0) is 98.9. The van der Waals surface area contributed by atoms with Gasteiger partial charge in [-0.2, -0.15) is 0 Å². The number of ether oxygens (including phenoxy) is 17. The summed E-state index contributed by atoms with van der Waals surface area (Å²) in [5.41, 5.74) is -4.93. The Morgan fingerprint density at radius 3 is 1.61 bits per heavy atom. The van der Waals surface area contributed by atoms with E-state index in [-0.39, 0.29) is 43.9 Å². The summed E-state index contributed by atoms with van der Waals surface area (Å²) in [7, 11) is 0. The topological polar surface area (TPSA) is 682 Å². The summed E-state index contributed by atoms with van der Waals surface area (Å²) in [4.78, 5) is 58.9. The molecule has 8 heterocycles. The molecule has 13 rings (SSSR count). The number of aliphatic hydroxyl groups is 22. The van der Waals surface area contributed by atoms with E-state index >= 15 is 4.79 Å². The van der Waals surface area contributed by atoms with Gasteiger partial charge in [0, 0.05) is 12.8 Å². The van der Waals surface area contributed by atoms with E-state index in [9.17, 15) is 127 Å². The van der Waals surface area contributed by atoms with Gasteiger partial charge in [-0.05, 0) is 123 Å². The van der Waals surface area contributed by atoms with E-state index in [1.165, 1.54) is 13.8 Å². The van der Waals surface area contributed by atoms with Gasteiger partial charge in [0.2, 0.25) is 12.2 Å². The number of carbonyl (C=O) groups excluding carboxylic acids is 4. The number of amides is 1. The first-order chi connectivity index (χ1) is 63.5. The lowest BCUT2D eigenvalue weighted by Gasteiger charge is -2.71. The van der Waals surface area contributed by atoms with Crippen LogP contribution in [0.15, 0.2) is 11.6 Å². The van der Waals surface area contributed by atoms with Crippen molar-refractivity contribution in [3.05, 3.63) is 11.6 Å². The quantitative estimate of drug-likeness (QED) is 0.0126. The van der Waals surface area contributed by atoms with Crippen LogP contribution in [-0.4, -0.2) is 428 Å². The van der Waals surface area contributed by atoms with Crippen LogP contribution in [0.2, 0.25) is 0 Å². The molecule has 21 unspecified atom stereocenters. The summed E-state index contributed by atoms with van der Waals surface area (Å²) in [6.45, 7) is 18.9. The molecule has 23 N–H and O–H groups in total. The molecule has 0 spiro atoms. The second-order valence-corrected chi connectivity index (χ2v) is 42.1. The van der Waals surface area contributed by atoms with Gasteiger partial charge in [0.05, 0.1) is 107 Å². The van der Waals surface area contributed by atoms with Gasteiger partial charge >= 0.3 is 11.9 Å². The molecule has 1 amide bonds. The Bertz CT molecular complexity index is 3940. The summed E-state index contributed by atoms with van der Waals surface area (Å²) < 4.78 is 103. The molecule has 44 heteroatoms. The van der Waals surface area contributed by atoms with Gasteiger partial charge in [0.15, 0.2) is 50.1 Å². The molecule has 0 aromatic heterocycles. The molecule has 0 radical (unpaired) electrons. The maximum atomic E-state index is 16.4. The van der Waals surface area contributed by atoms with Crippen LogP contribution in [0.1, 0.15) is 179 Å². The van der Waals surface area contributed by atoms with Crippen molar-refractivity contribution in [1.82, 2.24) is 5.32 Å². The minimum Gasteiger partial charge on any atom is -0.462 e. The summed E-state index contributed by atoms with van der Waals surface area (Å²) >= 11 is 0. The molecule has 13 aliphatic rings. The SMILES string of the molecule is CC[C@H](C)[C@H](C[C@H](O)CC(=O)N[C@@H]1C(O)C(O[C@@H]2OC(C)[C@H](O[C@@H]3OC[C@@H](O)C(O[C@@H]4OC[C@@H](O)C(O)C4O)C3O)C(O)C2O)[C@H](OC(=O)[C@]23CCC(C)(C)CC2C2=CCC4C5(C)CC[C@H](O[C@@H]6OC[C@@H](O)[C@H](O[C@@H]7OC[C@@H](O)[C@H](O)C7O)C6O[C@@H]6OC(CO)[C@H](O)[C@H](O)C6O)C(C)(C=O)[C@@H]5CC[C@@]4(C)C2(C)C[C@H]3O)O[C@@H]1C)OC(=O)C[C@@H](O)C[C@H](O[C@@H]1OC(CO)C(O)C1O)[C@@H](C)CC. The van der Waals surface area contributed by atoms with Crippen LogP contribution in [-0.2, 0) is 99.7 Å². The first-order valence-corrected chi connectivity index (χ1v) is 47.9. The molecular formula is C91H149NO43. The Labute approximate surface area is 782 Å². The molecule has 0 aromatic carbocycles. The molecule has 8 saturated heterocycles. The average molecular weight is 1950 g/mol. The molecule has 44 nitrogen and oxygen atoms in total. The molecule has 4 saturated carbocycles. The van der Waals surface area contributed by atoms with Crippen LogP contribution >= 0.6 is 0 Å². The fourth-order valence-corrected chi connectivity index (χ4v) is 24.0. The average Bonchev–Trinajstić information content (AvgIpc) is 0.798. The largest absolute Gasteiger partial charge is 0.462 e.